The fraction of sp³-hybridized carbons (Fsp3) is 0.0909. The average Bonchev–Trinajstić information content (AvgIpc) is 2.17. The summed E-state index contributed by atoms with van der Waals surface area (Å²) >= 11 is 0. The second-order valence-corrected chi connectivity index (χ2v) is 2.50. The first-order chi connectivity index (χ1) is 6.38. The molecule has 62 valence electrons. The van der Waals surface area contributed by atoms with Crippen molar-refractivity contribution in [3.05, 3.63) is 41.5 Å². The lowest BCUT2D eigenvalue weighted by Gasteiger charge is -1.98. The number of nitriles is 2. The quantitative estimate of drug-likeness (QED) is 0.636. The Morgan fingerprint density at radius 2 is 2.00 bits per heavy atom. The minimum absolute atomic E-state index is 0.381. The Labute approximate surface area is 77.4 Å². The van der Waals surface area contributed by atoms with E-state index >= 15 is 0 Å². The van der Waals surface area contributed by atoms with Crippen molar-refractivity contribution in [1.29, 1.82) is 10.5 Å². The maximum absolute atomic E-state index is 8.53. The van der Waals surface area contributed by atoms with E-state index in [4.69, 9.17) is 10.5 Å². The second kappa shape index (κ2) is 4.74. The molecule has 1 aromatic rings. The van der Waals surface area contributed by atoms with Gasteiger partial charge in [-0.25, -0.2) is 0 Å². The molecule has 0 heterocycles. The number of hydrogen-bond acceptors (Lipinski definition) is 2. The molecule has 0 amide bonds. The van der Waals surface area contributed by atoms with Gasteiger partial charge in [-0.1, -0.05) is 24.3 Å². The van der Waals surface area contributed by atoms with Crippen molar-refractivity contribution >= 4 is 6.08 Å². The third kappa shape index (κ3) is 2.47. The van der Waals surface area contributed by atoms with Crippen molar-refractivity contribution < 1.29 is 0 Å². The van der Waals surface area contributed by atoms with Gasteiger partial charge >= 0.3 is 0 Å². The summed E-state index contributed by atoms with van der Waals surface area (Å²) in [5, 5.41) is 16.9. The van der Waals surface area contributed by atoms with Crippen LogP contribution in [0.3, 0.4) is 0 Å². The summed E-state index contributed by atoms with van der Waals surface area (Å²) in [6.07, 6.45) is 3.51. The Bertz CT molecular complexity index is 391. The minimum atomic E-state index is 0.381. The number of benzene rings is 1. The smallest absolute Gasteiger partial charge is 0.0912 e. The van der Waals surface area contributed by atoms with E-state index in [0.29, 0.717) is 6.42 Å². The maximum atomic E-state index is 8.53. The lowest BCUT2D eigenvalue weighted by atomic mass is 10.1. The summed E-state index contributed by atoms with van der Waals surface area (Å²) in [5.41, 5.74) is 1.89. The van der Waals surface area contributed by atoms with E-state index in [1.807, 2.05) is 30.3 Å². The van der Waals surface area contributed by atoms with Gasteiger partial charge in [-0.2, -0.15) is 10.5 Å². The Hall–Kier alpha value is -2.06. The van der Waals surface area contributed by atoms with E-state index in [1.165, 1.54) is 6.08 Å². The average molecular weight is 168 g/mol. The fourth-order valence-corrected chi connectivity index (χ4v) is 1.07. The first-order valence-corrected chi connectivity index (χ1v) is 3.89. The molecule has 0 radical (unpaired) electrons. The van der Waals surface area contributed by atoms with Crippen molar-refractivity contribution in [3.63, 3.8) is 0 Å². The van der Waals surface area contributed by atoms with Crippen molar-refractivity contribution in [2.24, 2.45) is 0 Å². The van der Waals surface area contributed by atoms with E-state index in [-0.39, 0.29) is 0 Å². The van der Waals surface area contributed by atoms with Crippen LogP contribution in [0, 0.1) is 22.7 Å². The Morgan fingerprint density at radius 3 is 2.69 bits per heavy atom. The molecule has 0 aliphatic rings. The summed E-state index contributed by atoms with van der Waals surface area (Å²) in [7, 11) is 0. The number of nitrogens with zero attached hydrogens (tertiary/aromatic N) is 2. The second-order valence-electron chi connectivity index (χ2n) is 2.50. The molecule has 0 saturated carbocycles. The molecule has 0 unspecified atom stereocenters. The highest BCUT2D eigenvalue weighted by Gasteiger charge is 1.95. The molecule has 2 heteroatoms. The van der Waals surface area contributed by atoms with Gasteiger partial charge in [-0.15, -0.1) is 0 Å². The van der Waals surface area contributed by atoms with Gasteiger partial charge in [0.25, 0.3) is 0 Å². The van der Waals surface area contributed by atoms with Crippen LogP contribution in [-0.4, -0.2) is 0 Å². The molecule has 0 aromatic heterocycles. The summed E-state index contributed by atoms with van der Waals surface area (Å²) in [4.78, 5) is 0. The molecule has 2 nitrogen and oxygen atoms in total. The molecule has 0 bridgehead atoms. The van der Waals surface area contributed by atoms with Gasteiger partial charge in [0, 0.05) is 6.08 Å². The SMILES string of the molecule is N#CC=Cc1ccccc1CC#N. The standard InChI is InChI=1S/C11H8N2/c12-8-3-6-10-4-1-2-5-11(10)7-9-13/h1-6H,7H2. The van der Waals surface area contributed by atoms with Crippen molar-refractivity contribution in [1.82, 2.24) is 0 Å². The summed E-state index contributed by atoms with van der Waals surface area (Å²) in [5.74, 6) is 0. The van der Waals surface area contributed by atoms with Crippen LogP contribution in [0.2, 0.25) is 0 Å². The zero-order valence-corrected chi connectivity index (χ0v) is 7.07. The zero-order chi connectivity index (χ0) is 9.52. The highest BCUT2D eigenvalue weighted by molar-refractivity contribution is 5.56. The lowest BCUT2D eigenvalue weighted by molar-refractivity contribution is 1.25. The first-order valence-electron chi connectivity index (χ1n) is 3.89. The van der Waals surface area contributed by atoms with Gasteiger partial charge in [-0.3, -0.25) is 0 Å². The van der Waals surface area contributed by atoms with E-state index in [1.54, 1.807) is 6.08 Å². The molecule has 0 saturated heterocycles. The molecule has 0 spiro atoms. The van der Waals surface area contributed by atoms with Crippen LogP contribution in [0.1, 0.15) is 11.1 Å². The molecular weight excluding hydrogens is 160 g/mol. The molecule has 0 aliphatic carbocycles. The summed E-state index contributed by atoms with van der Waals surface area (Å²) in [6.45, 7) is 0. The van der Waals surface area contributed by atoms with Crippen molar-refractivity contribution in [2.45, 2.75) is 6.42 Å². The van der Waals surface area contributed by atoms with E-state index in [2.05, 4.69) is 6.07 Å². The van der Waals surface area contributed by atoms with Gasteiger partial charge < -0.3 is 0 Å². The monoisotopic (exact) mass is 168 g/mol. The zero-order valence-electron chi connectivity index (χ0n) is 7.07. The maximum Gasteiger partial charge on any atom is 0.0912 e. The minimum Gasteiger partial charge on any atom is -0.198 e. The van der Waals surface area contributed by atoms with E-state index in [0.717, 1.165) is 11.1 Å². The Morgan fingerprint density at radius 1 is 1.23 bits per heavy atom. The van der Waals surface area contributed by atoms with Gasteiger partial charge in [0.15, 0.2) is 0 Å². The number of allylic oxidation sites excluding steroid dienone is 1. The highest BCUT2D eigenvalue weighted by atomic mass is 14.2. The molecule has 13 heavy (non-hydrogen) atoms. The van der Waals surface area contributed by atoms with Gasteiger partial charge in [0.2, 0.25) is 0 Å². The third-order valence-electron chi connectivity index (χ3n) is 1.66. The molecule has 0 atom stereocenters. The largest absolute Gasteiger partial charge is 0.198 e. The fourth-order valence-electron chi connectivity index (χ4n) is 1.07. The number of rotatable bonds is 2. The van der Waals surface area contributed by atoms with Crippen molar-refractivity contribution in [3.8, 4) is 12.1 Å². The molecule has 1 aromatic carbocycles. The number of hydrogen-bond donors (Lipinski definition) is 0. The summed E-state index contributed by atoms with van der Waals surface area (Å²) in [6, 6.07) is 11.6. The lowest BCUT2D eigenvalue weighted by Crippen LogP contribution is -1.85. The van der Waals surface area contributed by atoms with Crippen molar-refractivity contribution in [2.75, 3.05) is 0 Å². The van der Waals surface area contributed by atoms with Crippen LogP contribution < -0.4 is 0 Å². The van der Waals surface area contributed by atoms with Crippen LogP contribution in [0.4, 0.5) is 0 Å². The summed E-state index contributed by atoms with van der Waals surface area (Å²) < 4.78 is 0. The normalized spacial score (nSPS) is 9.38. The van der Waals surface area contributed by atoms with Gasteiger partial charge in [-0.05, 0) is 17.2 Å². The van der Waals surface area contributed by atoms with Crippen LogP contribution in [0.25, 0.3) is 6.08 Å². The topological polar surface area (TPSA) is 47.6 Å². The molecule has 1 rings (SSSR count). The predicted molar refractivity (Wildman–Crippen MR) is 50.4 cm³/mol. The van der Waals surface area contributed by atoms with Gasteiger partial charge in [0.1, 0.15) is 0 Å². The molecule has 0 aliphatic heterocycles. The first kappa shape index (κ1) is 9.03. The third-order valence-corrected chi connectivity index (χ3v) is 1.66. The van der Waals surface area contributed by atoms with Crippen LogP contribution in [0.15, 0.2) is 30.3 Å². The molecule has 0 fully saturated rings. The van der Waals surface area contributed by atoms with Gasteiger partial charge in [0.05, 0.1) is 18.6 Å². The molecular formula is C11H8N2. The molecule has 0 N–H and O–H groups in total. The predicted octanol–water partition coefficient (Wildman–Crippen LogP) is 2.29. The van der Waals surface area contributed by atoms with Crippen LogP contribution in [-0.2, 0) is 6.42 Å². The van der Waals surface area contributed by atoms with E-state index < -0.39 is 0 Å². The Balaban J connectivity index is 3.00. The van der Waals surface area contributed by atoms with E-state index in [9.17, 15) is 0 Å². The Kier molecular flexibility index (Phi) is 3.30. The van der Waals surface area contributed by atoms with Crippen LogP contribution in [0.5, 0.6) is 0 Å². The highest BCUT2D eigenvalue weighted by Crippen LogP contribution is 2.10. The van der Waals surface area contributed by atoms with Crippen LogP contribution >= 0.6 is 0 Å².